The van der Waals surface area contributed by atoms with Gasteiger partial charge in [0.25, 0.3) is 5.91 Å². The van der Waals surface area contributed by atoms with Crippen LogP contribution in [-0.2, 0) is 6.54 Å². The lowest BCUT2D eigenvalue weighted by Gasteiger charge is -2.10. The van der Waals surface area contributed by atoms with Crippen LogP contribution < -0.4 is 10.6 Å². The first-order chi connectivity index (χ1) is 14.7. The molecule has 0 saturated heterocycles. The van der Waals surface area contributed by atoms with Crippen LogP contribution in [0.2, 0.25) is 0 Å². The molecule has 3 heterocycles. The van der Waals surface area contributed by atoms with Crippen molar-refractivity contribution in [1.29, 1.82) is 0 Å². The Balaban J connectivity index is 1.42. The number of pyridine rings is 1. The van der Waals surface area contributed by atoms with E-state index in [9.17, 15) is 4.79 Å². The molecule has 2 N–H and O–H groups in total. The van der Waals surface area contributed by atoms with Gasteiger partial charge in [0.1, 0.15) is 0 Å². The van der Waals surface area contributed by atoms with Gasteiger partial charge in [-0.2, -0.15) is 0 Å². The quantitative estimate of drug-likeness (QED) is 0.518. The van der Waals surface area contributed by atoms with Gasteiger partial charge in [-0.25, -0.2) is 9.97 Å². The van der Waals surface area contributed by atoms with Crippen LogP contribution in [0.3, 0.4) is 0 Å². The highest BCUT2D eigenvalue weighted by molar-refractivity contribution is 5.96. The SMILES string of the molecule is Cc1cc(-c2cnc3c(NCc4cccnc4)nccn23)ccc1C(=O)NC1CC1. The van der Waals surface area contributed by atoms with Crippen molar-refractivity contribution in [3.63, 3.8) is 0 Å². The summed E-state index contributed by atoms with van der Waals surface area (Å²) in [5.74, 6) is 0.718. The highest BCUT2D eigenvalue weighted by Gasteiger charge is 2.24. The van der Waals surface area contributed by atoms with Crippen molar-refractivity contribution in [3.05, 3.63) is 78.0 Å². The molecule has 150 valence electrons. The smallest absolute Gasteiger partial charge is 0.251 e. The Bertz CT molecular complexity index is 1210. The number of fused-ring (bicyclic) bond motifs is 1. The number of hydrogen-bond acceptors (Lipinski definition) is 5. The zero-order chi connectivity index (χ0) is 20.5. The van der Waals surface area contributed by atoms with Gasteiger partial charge in [-0.1, -0.05) is 12.1 Å². The molecule has 1 fully saturated rings. The van der Waals surface area contributed by atoms with Crippen LogP contribution in [0.1, 0.15) is 34.3 Å². The fourth-order valence-corrected chi connectivity index (χ4v) is 3.51. The predicted octanol–water partition coefficient (Wildman–Crippen LogP) is 3.60. The fraction of sp³-hybridized carbons (Fsp3) is 0.217. The van der Waals surface area contributed by atoms with Crippen molar-refractivity contribution in [2.75, 3.05) is 5.32 Å². The molecule has 7 nitrogen and oxygen atoms in total. The van der Waals surface area contributed by atoms with E-state index in [4.69, 9.17) is 0 Å². The number of carbonyl (C=O) groups excluding carboxylic acids is 1. The van der Waals surface area contributed by atoms with E-state index in [2.05, 4.69) is 25.6 Å². The second-order valence-corrected chi connectivity index (χ2v) is 7.61. The molecule has 3 aromatic heterocycles. The number of nitrogens with one attached hydrogen (secondary N) is 2. The number of hydrogen-bond donors (Lipinski definition) is 2. The number of amides is 1. The Morgan fingerprint density at radius 3 is 2.83 bits per heavy atom. The van der Waals surface area contributed by atoms with Gasteiger partial charge in [0.2, 0.25) is 0 Å². The lowest BCUT2D eigenvalue weighted by molar-refractivity contribution is 0.0950. The van der Waals surface area contributed by atoms with Crippen LogP contribution in [0.25, 0.3) is 16.9 Å². The first-order valence-electron chi connectivity index (χ1n) is 10.1. The monoisotopic (exact) mass is 398 g/mol. The summed E-state index contributed by atoms with van der Waals surface area (Å²) in [6.07, 6.45) is 11.2. The first kappa shape index (κ1) is 18.3. The summed E-state index contributed by atoms with van der Waals surface area (Å²) in [6, 6.07) is 10.2. The molecule has 0 spiro atoms. The minimum Gasteiger partial charge on any atom is -0.363 e. The van der Waals surface area contributed by atoms with Crippen LogP contribution in [0.5, 0.6) is 0 Å². The molecular weight excluding hydrogens is 376 g/mol. The Kier molecular flexibility index (Phi) is 4.63. The van der Waals surface area contributed by atoms with E-state index in [-0.39, 0.29) is 5.91 Å². The highest BCUT2D eigenvalue weighted by Crippen LogP contribution is 2.26. The summed E-state index contributed by atoms with van der Waals surface area (Å²) >= 11 is 0. The third-order valence-corrected chi connectivity index (χ3v) is 5.29. The van der Waals surface area contributed by atoms with E-state index in [1.807, 2.05) is 60.2 Å². The molecule has 1 aromatic carbocycles. The summed E-state index contributed by atoms with van der Waals surface area (Å²) in [5.41, 5.74) is 5.46. The van der Waals surface area contributed by atoms with Crippen molar-refractivity contribution in [2.45, 2.75) is 32.4 Å². The molecule has 30 heavy (non-hydrogen) atoms. The summed E-state index contributed by atoms with van der Waals surface area (Å²) in [4.78, 5) is 25.6. The van der Waals surface area contributed by atoms with E-state index in [0.29, 0.717) is 18.4 Å². The second kappa shape index (κ2) is 7.59. The van der Waals surface area contributed by atoms with Crippen LogP contribution in [0.4, 0.5) is 5.82 Å². The van der Waals surface area contributed by atoms with E-state index < -0.39 is 0 Å². The number of aryl methyl sites for hydroxylation is 1. The van der Waals surface area contributed by atoms with Gasteiger partial charge in [0.05, 0.1) is 11.9 Å². The minimum atomic E-state index is 0.00535. The fourth-order valence-electron chi connectivity index (χ4n) is 3.51. The number of anilines is 1. The second-order valence-electron chi connectivity index (χ2n) is 7.61. The molecule has 0 bridgehead atoms. The van der Waals surface area contributed by atoms with Crippen LogP contribution in [0, 0.1) is 6.92 Å². The van der Waals surface area contributed by atoms with Gasteiger partial charge in [-0.05, 0) is 49.1 Å². The standard InChI is InChI=1S/C23H22N6O/c1-15-11-17(4-7-19(15)23(30)28-18-5-6-18)20-14-27-22-21(25-9-10-29(20)22)26-13-16-3-2-8-24-12-16/h2-4,7-12,14,18H,5-6,13H2,1H3,(H,25,26)(H,28,30). The van der Waals surface area contributed by atoms with E-state index >= 15 is 0 Å². The zero-order valence-electron chi connectivity index (χ0n) is 16.7. The number of nitrogens with zero attached hydrogens (tertiary/aromatic N) is 4. The molecule has 5 rings (SSSR count). The van der Waals surface area contributed by atoms with Gasteiger partial charge in [0.15, 0.2) is 11.5 Å². The maximum Gasteiger partial charge on any atom is 0.251 e. The van der Waals surface area contributed by atoms with Crippen LogP contribution >= 0.6 is 0 Å². The molecule has 1 aliphatic carbocycles. The highest BCUT2D eigenvalue weighted by atomic mass is 16.1. The van der Waals surface area contributed by atoms with E-state index in [1.165, 1.54) is 0 Å². The largest absolute Gasteiger partial charge is 0.363 e. The number of benzene rings is 1. The van der Waals surface area contributed by atoms with Crippen molar-refractivity contribution in [2.24, 2.45) is 0 Å². The van der Waals surface area contributed by atoms with Crippen molar-refractivity contribution in [1.82, 2.24) is 24.7 Å². The van der Waals surface area contributed by atoms with Gasteiger partial charge in [-0.15, -0.1) is 0 Å². The molecule has 7 heteroatoms. The maximum absolute atomic E-state index is 12.4. The molecule has 4 aromatic rings. The third-order valence-electron chi connectivity index (χ3n) is 5.29. The molecule has 0 atom stereocenters. The molecule has 0 aliphatic heterocycles. The number of carbonyl (C=O) groups is 1. The molecule has 1 saturated carbocycles. The van der Waals surface area contributed by atoms with E-state index in [0.717, 1.165) is 46.4 Å². The molecular formula is C23H22N6O. The van der Waals surface area contributed by atoms with Crippen molar-refractivity contribution >= 4 is 17.4 Å². The molecule has 0 unspecified atom stereocenters. The molecule has 0 radical (unpaired) electrons. The van der Waals surface area contributed by atoms with E-state index in [1.54, 1.807) is 12.4 Å². The Labute approximate surface area is 174 Å². The van der Waals surface area contributed by atoms with Crippen LogP contribution in [-0.4, -0.2) is 31.3 Å². The number of rotatable bonds is 6. The Morgan fingerprint density at radius 2 is 2.07 bits per heavy atom. The summed E-state index contributed by atoms with van der Waals surface area (Å²) in [7, 11) is 0. The Morgan fingerprint density at radius 1 is 1.17 bits per heavy atom. The number of aromatic nitrogens is 4. The summed E-state index contributed by atoms with van der Waals surface area (Å²) < 4.78 is 2.01. The Hall–Kier alpha value is -3.74. The maximum atomic E-state index is 12.4. The number of imidazole rings is 1. The average Bonchev–Trinajstić information content (AvgIpc) is 3.47. The summed E-state index contributed by atoms with van der Waals surface area (Å²) in [6.45, 7) is 2.59. The summed E-state index contributed by atoms with van der Waals surface area (Å²) in [5, 5.41) is 6.39. The van der Waals surface area contributed by atoms with Crippen molar-refractivity contribution < 1.29 is 4.79 Å². The predicted molar refractivity (Wildman–Crippen MR) is 115 cm³/mol. The minimum absolute atomic E-state index is 0.00535. The molecule has 1 aliphatic rings. The lowest BCUT2D eigenvalue weighted by atomic mass is 10.0. The van der Waals surface area contributed by atoms with Gasteiger partial charge < -0.3 is 10.6 Å². The third kappa shape index (κ3) is 3.61. The van der Waals surface area contributed by atoms with Gasteiger partial charge in [-0.3, -0.25) is 14.2 Å². The normalized spacial score (nSPS) is 13.4. The topological polar surface area (TPSA) is 84.2 Å². The van der Waals surface area contributed by atoms with Crippen LogP contribution in [0.15, 0.2) is 61.3 Å². The average molecular weight is 398 g/mol. The molecule has 1 amide bonds. The lowest BCUT2D eigenvalue weighted by Crippen LogP contribution is -2.26. The van der Waals surface area contributed by atoms with Gasteiger partial charge >= 0.3 is 0 Å². The van der Waals surface area contributed by atoms with Gasteiger partial charge in [0, 0.05) is 48.5 Å². The van der Waals surface area contributed by atoms with Crippen molar-refractivity contribution in [3.8, 4) is 11.3 Å². The first-order valence-corrected chi connectivity index (χ1v) is 10.1. The zero-order valence-corrected chi connectivity index (χ0v) is 16.7.